The first kappa shape index (κ1) is 20.2. The second kappa shape index (κ2) is 8.15. The minimum atomic E-state index is -0.100. The van der Waals surface area contributed by atoms with Gasteiger partial charge >= 0.3 is 0 Å². The number of aromatic amines is 1. The lowest BCUT2D eigenvalue weighted by Crippen LogP contribution is -2.38. The molecule has 6 rings (SSSR count). The van der Waals surface area contributed by atoms with E-state index in [4.69, 9.17) is 4.74 Å². The Bertz CT molecular complexity index is 1320. The molecule has 1 saturated heterocycles. The molecule has 0 aromatic carbocycles. The second-order valence-corrected chi connectivity index (χ2v) is 9.09. The number of aromatic nitrogens is 5. The quantitative estimate of drug-likeness (QED) is 0.420. The lowest BCUT2D eigenvalue weighted by atomic mass is 10.1. The number of anilines is 1. The molecule has 0 bridgehead atoms. The van der Waals surface area contributed by atoms with E-state index in [2.05, 4.69) is 37.6 Å². The molecule has 9 nitrogen and oxygen atoms in total. The van der Waals surface area contributed by atoms with Crippen molar-refractivity contribution in [3.8, 4) is 11.1 Å². The molecule has 0 spiro atoms. The summed E-state index contributed by atoms with van der Waals surface area (Å²) in [5.41, 5.74) is 4.09. The molecule has 170 valence electrons. The largest absolute Gasteiger partial charge is 0.381 e. The first-order valence-corrected chi connectivity index (χ1v) is 11.6. The van der Waals surface area contributed by atoms with Crippen LogP contribution in [0.5, 0.6) is 0 Å². The number of hydrogen-bond donors (Lipinski definition) is 3. The highest BCUT2D eigenvalue weighted by molar-refractivity contribution is 6.02. The highest BCUT2D eigenvalue weighted by Gasteiger charge is 2.28. The Morgan fingerprint density at radius 3 is 2.91 bits per heavy atom. The van der Waals surface area contributed by atoms with Gasteiger partial charge in [-0.3, -0.25) is 4.79 Å². The molecule has 1 amide bonds. The van der Waals surface area contributed by atoms with Crippen LogP contribution in [0.4, 0.5) is 5.95 Å². The third kappa shape index (κ3) is 3.93. The van der Waals surface area contributed by atoms with Crippen molar-refractivity contribution >= 4 is 28.4 Å². The monoisotopic (exact) mass is 445 g/mol. The van der Waals surface area contributed by atoms with Gasteiger partial charge in [0.1, 0.15) is 5.65 Å². The Morgan fingerprint density at radius 2 is 2.09 bits per heavy atom. The normalized spacial score (nSPS) is 18.0. The number of rotatable bonds is 6. The van der Waals surface area contributed by atoms with Crippen LogP contribution in [0.2, 0.25) is 0 Å². The van der Waals surface area contributed by atoms with E-state index in [1.807, 2.05) is 30.7 Å². The van der Waals surface area contributed by atoms with Crippen LogP contribution in [0.1, 0.15) is 43.0 Å². The summed E-state index contributed by atoms with van der Waals surface area (Å²) in [5.74, 6) is 1.27. The van der Waals surface area contributed by atoms with Gasteiger partial charge in [-0.25, -0.2) is 9.50 Å². The Kier molecular flexibility index (Phi) is 4.98. The molecule has 4 aromatic rings. The summed E-state index contributed by atoms with van der Waals surface area (Å²) < 4.78 is 7.12. The van der Waals surface area contributed by atoms with Crippen molar-refractivity contribution in [1.29, 1.82) is 0 Å². The third-order valence-corrected chi connectivity index (χ3v) is 6.75. The van der Waals surface area contributed by atoms with Gasteiger partial charge in [0, 0.05) is 54.8 Å². The average Bonchev–Trinajstić information content (AvgIpc) is 3.47. The predicted octanol–water partition coefficient (Wildman–Crippen LogP) is 3.39. The number of ether oxygens (including phenoxy) is 1. The fourth-order valence-electron chi connectivity index (χ4n) is 4.56. The van der Waals surface area contributed by atoms with Crippen molar-refractivity contribution in [2.24, 2.45) is 5.92 Å². The van der Waals surface area contributed by atoms with Gasteiger partial charge in [0.05, 0.1) is 17.3 Å². The molecular weight excluding hydrogens is 418 g/mol. The highest BCUT2D eigenvalue weighted by atomic mass is 16.5. The molecule has 1 aliphatic carbocycles. The van der Waals surface area contributed by atoms with E-state index in [0.29, 0.717) is 30.8 Å². The lowest BCUT2D eigenvalue weighted by Gasteiger charge is -2.22. The molecule has 2 aliphatic rings. The fourth-order valence-corrected chi connectivity index (χ4v) is 4.56. The van der Waals surface area contributed by atoms with Crippen LogP contribution < -0.4 is 10.6 Å². The molecular formula is C24H27N7O2. The summed E-state index contributed by atoms with van der Waals surface area (Å²) in [6.45, 7) is 3.55. The minimum Gasteiger partial charge on any atom is -0.381 e. The van der Waals surface area contributed by atoms with Crippen LogP contribution in [-0.2, 0) is 4.74 Å². The van der Waals surface area contributed by atoms with E-state index in [1.165, 1.54) is 12.8 Å². The number of carbonyl (C=O) groups excluding carboxylic acids is 1. The Hall–Kier alpha value is -3.46. The van der Waals surface area contributed by atoms with E-state index < -0.39 is 0 Å². The Labute approximate surface area is 191 Å². The summed E-state index contributed by atoms with van der Waals surface area (Å²) >= 11 is 0. The zero-order valence-electron chi connectivity index (χ0n) is 18.5. The van der Waals surface area contributed by atoms with E-state index in [9.17, 15) is 4.79 Å². The number of carbonyl (C=O) groups is 1. The van der Waals surface area contributed by atoms with Gasteiger partial charge < -0.3 is 20.4 Å². The van der Waals surface area contributed by atoms with Crippen molar-refractivity contribution in [1.82, 2.24) is 29.9 Å². The number of H-pyrrole nitrogens is 1. The van der Waals surface area contributed by atoms with Gasteiger partial charge in [-0.2, -0.15) is 10.1 Å². The molecule has 1 saturated carbocycles. The first-order chi connectivity index (χ1) is 16.2. The fraction of sp³-hybridized carbons (Fsp3) is 0.417. The SMILES string of the molecule is C[C@@H](Nc1ncc2c(-c3ccn4ncc(C(=O)NC5CCOCC5)c4c3)c[nH]c2n1)C1CC1. The minimum absolute atomic E-state index is 0.100. The van der Waals surface area contributed by atoms with E-state index in [0.717, 1.165) is 46.4 Å². The summed E-state index contributed by atoms with van der Waals surface area (Å²) in [7, 11) is 0. The number of fused-ring (bicyclic) bond motifs is 2. The smallest absolute Gasteiger partial charge is 0.255 e. The zero-order valence-corrected chi connectivity index (χ0v) is 18.5. The topological polar surface area (TPSA) is 109 Å². The van der Waals surface area contributed by atoms with Crippen LogP contribution in [0.3, 0.4) is 0 Å². The van der Waals surface area contributed by atoms with Gasteiger partial charge in [0.15, 0.2) is 0 Å². The first-order valence-electron chi connectivity index (χ1n) is 11.6. The molecule has 2 fully saturated rings. The Balaban J connectivity index is 1.28. The van der Waals surface area contributed by atoms with Crippen molar-refractivity contribution in [3.63, 3.8) is 0 Å². The molecule has 0 unspecified atom stereocenters. The van der Waals surface area contributed by atoms with E-state index >= 15 is 0 Å². The van der Waals surface area contributed by atoms with Gasteiger partial charge in [-0.05, 0) is 56.2 Å². The maximum Gasteiger partial charge on any atom is 0.255 e. The molecule has 9 heteroatoms. The number of amides is 1. The van der Waals surface area contributed by atoms with E-state index in [-0.39, 0.29) is 11.9 Å². The zero-order chi connectivity index (χ0) is 22.4. The number of pyridine rings is 1. The summed E-state index contributed by atoms with van der Waals surface area (Å²) in [6.07, 6.45) is 11.5. The van der Waals surface area contributed by atoms with Crippen molar-refractivity contribution in [2.75, 3.05) is 18.5 Å². The van der Waals surface area contributed by atoms with Gasteiger partial charge in [-0.1, -0.05) is 0 Å². The second-order valence-electron chi connectivity index (χ2n) is 9.09. The summed E-state index contributed by atoms with van der Waals surface area (Å²) in [5, 5.41) is 11.8. The number of nitrogens with zero attached hydrogens (tertiary/aromatic N) is 4. The average molecular weight is 446 g/mol. The molecule has 33 heavy (non-hydrogen) atoms. The molecule has 4 aromatic heterocycles. The molecule has 0 radical (unpaired) electrons. The standard InChI is InChI=1S/C24H27N7O2/c1-14(15-2-3-15)28-24-26-12-19-18(11-25-22(19)30-24)16-4-7-31-21(10-16)20(13-27-31)23(32)29-17-5-8-33-9-6-17/h4,7,10-15,17H,2-3,5-6,8-9H2,1H3,(H,29,32)(H2,25,26,28,30)/t14-/m1/s1. The molecule has 5 heterocycles. The van der Waals surface area contributed by atoms with Crippen molar-refractivity contribution in [2.45, 2.75) is 44.7 Å². The summed E-state index contributed by atoms with van der Waals surface area (Å²) in [6, 6.07) is 4.51. The maximum absolute atomic E-state index is 12.9. The van der Waals surface area contributed by atoms with Gasteiger partial charge in [-0.15, -0.1) is 0 Å². The lowest BCUT2D eigenvalue weighted by molar-refractivity contribution is 0.0697. The predicted molar refractivity (Wildman–Crippen MR) is 125 cm³/mol. The van der Waals surface area contributed by atoms with E-state index in [1.54, 1.807) is 10.7 Å². The Morgan fingerprint density at radius 1 is 1.24 bits per heavy atom. The van der Waals surface area contributed by atoms with Crippen LogP contribution in [0.25, 0.3) is 27.7 Å². The van der Waals surface area contributed by atoms with Crippen LogP contribution in [0.15, 0.2) is 36.9 Å². The van der Waals surface area contributed by atoms with Crippen LogP contribution in [-0.4, -0.2) is 55.8 Å². The van der Waals surface area contributed by atoms with Crippen LogP contribution >= 0.6 is 0 Å². The van der Waals surface area contributed by atoms with Crippen LogP contribution in [0, 0.1) is 5.92 Å². The van der Waals surface area contributed by atoms with Crippen molar-refractivity contribution in [3.05, 3.63) is 42.5 Å². The maximum atomic E-state index is 12.9. The molecule has 1 aliphatic heterocycles. The third-order valence-electron chi connectivity index (χ3n) is 6.75. The summed E-state index contributed by atoms with van der Waals surface area (Å²) in [4.78, 5) is 25.4. The molecule has 3 N–H and O–H groups in total. The highest BCUT2D eigenvalue weighted by Crippen LogP contribution is 2.34. The van der Waals surface area contributed by atoms with Crippen molar-refractivity contribution < 1.29 is 9.53 Å². The molecule has 1 atom stereocenters. The number of nitrogens with one attached hydrogen (secondary N) is 3. The van der Waals surface area contributed by atoms with Gasteiger partial charge in [0.2, 0.25) is 5.95 Å². The van der Waals surface area contributed by atoms with Gasteiger partial charge in [0.25, 0.3) is 5.91 Å². The number of hydrogen-bond acceptors (Lipinski definition) is 6.